The van der Waals surface area contributed by atoms with Crippen LogP contribution in [-0.2, 0) is 5.41 Å². The Labute approximate surface area is 248 Å². The Morgan fingerprint density at radius 1 is 0.500 bits per heavy atom. The van der Waals surface area contributed by atoms with Gasteiger partial charge in [0.15, 0.2) is 0 Å². The minimum absolute atomic E-state index is 0.498. The molecule has 202 valence electrons. The fraction of sp³-hybridized carbons (Fsp3) is 0.0769. The first-order valence-electron chi connectivity index (χ1n) is 14.1. The number of hydrogen-bond acceptors (Lipinski definition) is 0. The van der Waals surface area contributed by atoms with Crippen LogP contribution in [0.3, 0.4) is 0 Å². The third kappa shape index (κ3) is 3.52. The van der Waals surface area contributed by atoms with Crippen molar-refractivity contribution in [2.45, 2.75) is 17.8 Å². The van der Waals surface area contributed by atoms with Crippen LogP contribution in [0.1, 0.15) is 39.3 Å². The van der Waals surface area contributed by atoms with Gasteiger partial charge in [-0.15, -0.1) is 0 Å². The maximum Gasteiger partial charge on any atom is 0.249 e. The van der Waals surface area contributed by atoms with Crippen molar-refractivity contribution >= 4 is 11.6 Å². The molecular formula is C39H25ClF2. The van der Waals surface area contributed by atoms with Crippen molar-refractivity contribution in [3.05, 3.63) is 178 Å². The van der Waals surface area contributed by atoms with Crippen molar-refractivity contribution in [3.63, 3.8) is 0 Å². The Bertz CT molecular complexity index is 1940. The molecule has 6 aromatic rings. The first-order chi connectivity index (χ1) is 20.6. The molecule has 3 heteroatoms. The van der Waals surface area contributed by atoms with E-state index in [1.807, 2.05) is 18.2 Å². The molecule has 0 saturated carbocycles. The number of rotatable bonds is 4. The van der Waals surface area contributed by atoms with Gasteiger partial charge >= 0.3 is 0 Å². The molecule has 6 aromatic carbocycles. The van der Waals surface area contributed by atoms with Crippen LogP contribution in [0.4, 0.5) is 8.78 Å². The molecule has 0 aliphatic heterocycles. The van der Waals surface area contributed by atoms with Crippen LogP contribution in [0.25, 0.3) is 33.4 Å². The fourth-order valence-corrected chi connectivity index (χ4v) is 7.51. The summed E-state index contributed by atoms with van der Waals surface area (Å²) >= 11 is 6.34. The van der Waals surface area contributed by atoms with Gasteiger partial charge in [0.1, 0.15) is 0 Å². The number of benzene rings is 6. The first-order valence-corrected chi connectivity index (χ1v) is 14.5. The van der Waals surface area contributed by atoms with Crippen LogP contribution < -0.4 is 0 Å². The molecule has 0 bridgehead atoms. The molecule has 0 fully saturated rings. The number of alkyl halides is 2. The van der Waals surface area contributed by atoms with Gasteiger partial charge in [-0.3, -0.25) is 0 Å². The summed E-state index contributed by atoms with van der Waals surface area (Å²) in [5.41, 5.74) is 11.8. The molecule has 1 unspecified atom stereocenters. The highest BCUT2D eigenvalue weighted by atomic mass is 35.5. The summed E-state index contributed by atoms with van der Waals surface area (Å²) in [5.74, 6) is -0.945. The summed E-state index contributed by atoms with van der Waals surface area (Å²) < 4.78 is 28.6. The van der Waals surface area contributed by atoms with E-state index in [1.165, 1.54) is 33.4 Å². The summed E-state index contributed by atoms with van der Waals surface area (Å²) in [5, 5.41) is 0.547. The van der Waals surface area contributed by atoms with Gasteiger partial charge in [-0.1, -0.05) is 127 Å². The SMILES string of the molecule is FC(F)C1c2ccc(Cl)cc2-c2cc(-c3ccc4c(c3)C(c3ccccc3)(c3ccccc3)c3ccccc3-4)ccc21. The molecule has 0 N–H and O–H groups in total. The van der Waals surface area contributed by atoms with E-state index >= 15 is 0 Å². The number of halogens is 3. The summed E-state index contributed by atoms with van der Waals surface area (Å²) in [4.78, 5) is 0. The molecule has 0 saturated heterocycles. The molecule has 0 spiro atoms. The average Bonchev–Trinajstić information content (AvgIpc) is 3.52. The van der Waals surface area contributed by atoms with E-state index in [2.05, 4.69) is 109 Å². The van der Waals surface area contributed by atoms with Gasteiger partial charge in [0, 0.05) is 5.02 Å². The van der Waals surface area contributed by atoms with E-state index < -0.39 is 17.8 Å². The highest BCUT2D eigenvalue weighted by molar-refractivity contribution is 6.31. The molecule has 0 amide bonds. The second kappa shape index (κ2) is 9.51. The van der Waals surface area contributed by atoms with E-state index in [9.17, 15) is 8.78 Å². The van der Waals surface area contributed by atoms with E-state index in [-0.39, 0.29) is 0 Å². The second-order valence-corrected chi connectivity index (χ2v) is 11.6. The van der Waals surface area contributed by atoms with Crippen LogP contribution in [0.2, 0.25) is 5.02 Å². The standard InChI is InChI=1S/C39H25ClF2/c40-28-17-20-32-34(23-28)33-21-24(16-19-31(33)37(32)38(41)42)25-15-18-30-29-13-7-8-14-35(29)39(36(30)22-25,26-9-3-1-4-10-26)27-11-5-2-6-12-27/h1-23,37-38H. The van der Waals surface area contributed by atoms with Gasteiger partial charge in [0.05, 0.1) is 11.3 Å². The highest BCUT2D eigenvalue weighted by Crippen LogP contribution is 2.57. The lowest BCUT2D eigenvalue weighted by molar-refractivity contribution is 0.130. The Morgan fingerprint density at radius 2 is 1.05 bits per heavy atom. The molecule has 0 heterocycles. The van der Waals surface area contributed by atoms with Crippen molar-refractivity contribution in [3.8, 4) is 33.4 Å². The lowest BCUT2D eigenvalue weighted by Crippen LogP contribution is -2.28. The van der Waals surface area contributed by atoms with Gasteiger partial charge in [-0.25, -0.2) is 8.78 Å². The minimum Gasteiger partial charge on any atom is -0.209 e. The zero-order valence-electron chi connectivity index (χ0n) is 22.6. The Kier molecular flexibility index (Phi) is 5.70. The normalized spacial score (nSPS) is 15.7. The maximum absolute atomic E-state index is 14.3. The van der Waals surface area contributed by atoms with E-state index in [0.717, 1.165) is 22.3 Å². The van der Waals surface area contributed by atoms with Crippen molar-refractivity contribution in [1.82, 2.24) is 0 Å². The van der Waals surface area contributed by atoms with Gasteiger partial charge < -0.3 is 0 Å². The zero-order chi connectivity index (χ0) is 28.4. The lowest BCUT2D eigenvalue weighted by Gasteiger charge is -2.34. The third-order valence-electron chi connectivity index (χ3n) is 9.07. The molecule has 0 aromatic heterocycles. The molecular weight excluding hydrogens is 542 g/mol. The quantitative estimate of drug-likeness (QED) is 0.199. The topological polar surface area (TPSA) is 0 Å². The van der Waals surface area contributed by atoms with Gasteiger partial charge in [0.2, 0.25) is 6.43 Å². The van der Waals surface area contributed by atoms with E-state index in [4.69, 9.17) is 11.6 Å². The third-order valence-corrected chi connectivity index (χ3v) is 9.31. The molecule has 0 radical (unpaired) electrons. The molecule has 1 atom stereocenters. The zero-order valence-corrected chi connectivity index (χ0v) is 23.3. The Morgan fingerprint density at radius 3 is 1.74 bits per heavy atom. The molecule has 2 aliphatic rings. The predicted octanol–water partition coefficient (Wildman–Crippen LogP) is 10.7. The molecule has 8 rings (SSSR count). The summed E-state index contributed by atoms with van der Waals surface area (Å²) in [7, 11) is 0. The van der Waals surface area contributed by atoms with Crippen molar-refractivity contribution in [2.24, 2.45) is 0 Å². The van der Waals surface area contributed by atoms with E-state index in [0.29, 0.717) is 16.1 Å². The average molecular weight is 567 g/mol. The monoisotopic (exact) mass is 566 g/mol. The fourth-order valence-electron chi connectivity index (χ4n) is 7.34. The van der Waals surface area contributed by atoms with Crippen molar-refractivity contribution < 1.29 is 8.78 Å². The van der Waals surface area contributed by atoms with Crippen LogP contribution in [0.15, 0.2) is 140 Å². The smallest absolute Gasteiger partial charge is 0.209 e. The summed E-state index contributed by atoms with van der Waals surface area (Å²) in [6.45, 7) is 0. The molecule has 2 aliphatic carbocycles. The first kappa shape index (κ1) is 25.2. The largest absolute Gasteiger partial charge is 0.249 e. The lowest BCUT2D eigenvalue weighted by atomic mass is 9.67. The molecule has 0 nitrogen and oxygen atoms in total. The number of hydrogen-bond donors (Lipinski definition) is 0. The summed E-state index contributed by atoms with van der Waals surface area (Å²) in [6.07, 6.45) is -2.49. The highest BCUT2D eigenvalue weighted by Gasteiger charge is 2.46. The van der Waals surface area contributed by atoms with Crippen LogP contribution in [-0.4, -0.2) is 6.43 Å². The van der Waals surface area contributed by atoms with Crippen LogP contribution >= 0.6 is 11.6 Å². The van der Waals surface area contributed by atoms with E-state index in [1.54, 1.807) is 12.1 Å². The van der Waals surface area contributed by atoms with Crippen molar-refractivity contribution in [1.29, 1.82) is 0 Å². The van der Waals surface area contributed by atoms with Gasteiger partial charge in [0.25, 0.3) is 0 Å². The Hall–Kier alpha value is -4.53. The molecule has 42 heavy (non-hydrogen) atoms. The maximum atomic E-state index is 14.3. The van der Waals surface area contributed by atoms with Crippen LogP contribution in [0, 0.1) is 0 Å². The minimum atomic E-state index is -2.49. The van der Waals surface area contributed by atoms with Gasteiger partial charge in [-0.05, 0) is 91.0 Å². The summed E-state index contributed by atoms with van der Waals surface area (Å²) in [6, 6.07) is 47.9. The van der Waals surface area contributed by atoms with Crippen molar-refractivity contribution in [2.75, 3.05) is 0 Å². The predicted molar refractivity (Wildman–Crippen MR) is 167 cm³/mol. The van der Waals surface area contributed by atoms with Crippen LogP contribution in [0.5, 0.6) is 0 Å². The number of fused-ring (bicyclic) bond motifs is 6. The van der Waals surface area contributed by atoms with Gasteiger partial charge in [-0.2, -0.15) is 0 Å². The second-order valence-electron chi connectivity index (χ2n) is 11.1. The Balaban J connectivity index is 1.37.